The van der Waals surface area contributed by atoms with E-state index in [1.165, 1.54) is 0 Å². The highest BCUT2D eigenvalue weighted by Gasteiger charge is 2.17. The minimum atomic E-state index is -0.344. The van der Waals surface area contributed by atoms with Crippen LogP contribution in [0.3, 0.4) is 0 Å². The zero-order valence-electron chi connectivity index (χ0n) is 10.7. The minimum Gasteiger partial charge on any atom is -0.462 e. The quantitative estimate of drug-likeness (QED) is 0.797. The summed E-state index contributed by atoms with van der Waals surface area (Å²) in [5, 5.41) is 2.56. The molecule has 0 aromatic carbocycles. The molecular weight excluding hydrogens is 220 g/mol. The summed E-state index contributed by atoms with van der Waals surface area (Å²) in [6.45, 7) is 5.99. The van der Waals surface area contributed by atoms with Crippen molar-refractivity contribution in [2.45, 2.75) is 27.3 Å². The largest absolute Gasteiger partial charge is 0.462 e. The van der Waals surface area contributed by atoms with E-state index in [4.69, 9.17) is 4.74 Å². The minimum absolute atomic E-state index is 0.0952. The average Bonchev–Trinajstić information content (AvgIpc) is 2.57. The molecule has 1 N–H and O–H groups in total. The molecule has 5 nitrogen and oxygen atoms in total. The zero-order valence-corrected chi connectivity index (χ0v) is 10.7. The third-order valence-electron chi connectivity index (χ3n) is 2.65. The number of aryl methyl sites for hydroxylation is 1. The molecular formula is C12H18N2O3. The van der Waals surface area contributed by atoms with Gasteiger partial charge in [0.1, 0.15) is 6.54 Å². The number of hydrogen-bond donors (Lipinski definition) is 1. The topological polar surface area (TPSA) is 60.3 Å². The maximum absolute atomic E-state index is 11.7. The van der Waals surface area contributed by atoms with Crippen LogP contribution in [-0.2, 0) is 16.1 Å². The number of likely N-dealkylation sites (N-methyl/N-ethyl adjacent to an activating group) is 1. The van der Waals surface area contributed by atoms with Gasteiger partial charge < -0.3 is 14.6 Å². The van der Waals surface area contributed by atoms with Gasteiger partial charge in [0.25, 0.3) is 0 Å². The van der Waals surface area contributed by atoms with Gasteiger partial charge in [0.15, 0.2) is 0 Å². The van der Waals surface area contributed by atoms with E-state index in [1.807, 2.05) is 13.8 Å². The smallest absolute Gasteiger partial charge is 0.339 e. The van der Waals surface area contributed by atoms with Crippen molar-refractivity contribution in [3.05, 3.63) is 23.0 Å². The van der Waals surface area contributed by atoms with Gasteiger partial charge in [-0.15, -0.1) is 0 Å². The Hall–Kier alpha value is -1.78. The second-order valence-electron chi connectivity index (χ2n) is 3.76. The van der Waals surface area contributed by atoms with E-state index < -0.39 is 0 Å². The van der Waals surface area contributed by atoms with Gasteiger partial charge in [-0.25, -0.2) is 4.79 Å². The first-order valence-electron chi connectivity index (χ1n) is 5.55. The van der Waals surface area contributed by atoms with Crippen molar-refractivity contribution in [3.8, 4) is 0 Å². The van der Waals surface area contributed by atoms with Crippen LogP contribution in [0.15, 0.2) is 6.07 Å². The first-order valence-corrected chi connectivity index (χ1v) is 5.55. The van der Waals surface area contributed by atoms with E-state index in [2.05, 4.69) is 5.32 Å². The summed E-state index contributed by atoms with van der Waals surface area (Å²) < 4.78 is 6.75. The van der Waals surface area contributed by atoms with Crippen molar-refractivity contribution in [1.29, 1.82) is 0 Å². The van der Waals surface area contributed by atoms with Gasteiger partial charge in [0, 0.05) is 18.4 Å². The standard InChI is InChI=1S/C12H18N2O3/c1-5-17-12(16)10-6-8(2)14(9(10)3)7-11(15)13-4/h6H,5,7H2,1-4H3,(H,13,15). The number of aromatic nitrogens is 1. The Morgan fingerprint density at radius 1 is 1.41 bits per heavy atom. The molecule has 0 aliphatic heterocycles. The molecule has 1 rings (SSSR count). The second-order valence-corrected chi connectivity index (χ2v) is 3.76. The van der Waals surface area contributed by atoms with Crippen LogP contribution in [0.25, 0.3) is 0 Å². The maximum Gasteiger partial charge on any atom is 0.339 e. The number of nitrogens with zero attached hydrogens (tertiary/aromatic N) is 1. The van der Waals surface area contributed by atoms with Gasteiger partial charge in [-0.1, -0.05) is 0 Å². The van der Waals surface area contributed by atoms with E-state index in [1.54, 1.807) is 24.6 Å². The van der Waals surface area contributed by atoms with E-state index in [0.717, 1.165) is 11.4 Å². The zero-order chi connectivity index (χ0) is 13.0. The lowest BCUT2D eigenvalue weighted by Crippen LogP contribution is -2.24. The number of carbonyl (C=O) groups is 2. The summed E-state index contributed by atoms with van der Waals surface area (Å²) in [6.07, 6.45) is 0. The third-order valence-corrected chi connectivity index (χ3v) is 2.65. The molecule has 0 unspecified atom stereocenters. The molecule has 0 atom stereocenters. The molecule has 0 bridgehead atoms. The Morgan fingerprint density at radius 2 is 2.06 bits per heavy atom. The van der Waals surface area contributed by atoms with Gasteiger partial charge in [0.05, 0.1) is 12.2 Å². The van der Waals surface area contributed by atoms with Crippen LogP contribution in [0.2, 0.25) is 0 Å². The SMILES string of the molecule is CCOC(=O)c1cc(C)n(CC(=O)NC)c1C. The number of rotatable bonds is 4. The Balaban J connectivity index is 3.01. The molecule has 0 aliphatic rings. The Labute approximate surface area is 101 Å². The van der Waals surface area contributed by atoms with Gasteiger partial charge in [-0.2, -0.15) is 0 Å². The van der Waals surface area contributed by atoms with E-state index in [9.17, 15) is 9.59 Å². The van der Waals surface area contributed by atoms with Crippen molar-refractivity contribution < 1.29 is 14.3 Å². The molecule has 0 radical (unpaired) electrons. The molecule has 1 aromatic rings. The molecule has 1 amide bonds. The number of amides is 1. The van der Waals surface area contributed by atoms with Crippen molar-refractivity contribution in [3.63, 3.8) is 0 Å². The van der Waals surface area contributed by atoms with Crippen LogP contribution in [0.1, 0.15) is 28.7 Å². The lowest BCUT2D eigenvalue weighted by Gasteiger charge is -2.08. The predicted octanol–water partition coefficient (Wildman–Crippen LogP) is 1.03. The van der Waals surface area contributed by atoms with Crippen molar-refractivity contribution in [2.24, 2.45) is 0 Å². The van der Waals surface area contributed by atoms with Crippen molar-refractivity contribution in [2.75, 3.05) is 13.7 Å². The molecule has 17 heavy (non-hydrogen) atoms. The monoisotopic (exact) mass is 238 g/mol. The van der Waals surface area contributed by atoms with E-state index in [-0.39, 0.29) is 18.4 Å². The van der Waals surface area contributed by atoms with E-state index in [0.29, 0.717) is 12.2 Å². The summed E-state index contributed by atoms with van der Waals surface area (Å²) in [7, 11) is 1.59. The molecule has 0 saturated heterocycles. The van der Waals surface area contributed by atoms with Crippen LogP contribution < -0.4 is 5.32 Å². The average molecular weight is 238 g/mol. The molecule has 0 aliphatic carbocycles. The molecule has 0 spiro atoms. The highest BCUT2D eigenvalue weighted by Crippen LogP contribution is 2.16. The van der Waals surface area contributed by atoms with Gasteiger partial charge in [0.2, 0.25) is 5.91 Å². The van der Waals surface area contributed by atoms with E-state index >= 15 is 0 Å². The van der Waals surface area contributed by atoms with Gasteiger partial charge >= 0.3 is 5.97 Å². The highest BCUT2D eigenvalue weighted by atomic mass is 16.5. The predicted molar refractivity (Wildman–Crippen MR) is 63.9 cm³/mol. The van der Waals surface area contributed by atoms with Crippen LogP contribution in [-0.4, -0.2) is 30.1 Å². The summed E-state index contributed by atoms with van der Waals surface area (Å²) >= 11 is 0. The fraction of sp³-hybridized carbons (Fsp3) is 0.500. The molecule has 1 heterocycles. The number of nitrogens with one attached hydrogen (secondary N) is 1. The molecule has 5 heteroatoms. The Kier molecular flexibility index (Phi) is 4.31. The third kappa shape index (κ3) is 2.87. The fourth-order valence-corrected chi connectivity index (χ4v) is 1.68. The summed E-state index contributed by atoms with van der Waals surface area (Å²) in [6, 6.07) is 1.75. The fourth-order valence-electron chi connectivity index (χ4n) is 1.68. The normalized spacial score (nSPS) is 10.1. The number of ether oxygens (including phenoxy) is 1. The van der Waals surface area contributed by atoms with Gasteiger partial charge in [-0.3, -0.25) is 4.79 Å². The second kappa shape index (κ2) is 5.52. The molecule has 0 fully saturated rings. The summed E-state index contributed by atoms with van der Waals surface area (Å²) in [4.78, 5) is 23.0. The molecule has 1 aromatic heterocycles. The molecule has 94 valence electrons. The first kappa shape index (κ1) is 13.3. The number of esters is 1. The summed E-state index contributed by atoms with van der Waals surface area (Å²) in [5.41, 5.74) is 2.15. The van der Waals surface area contributed by atoms with Crippen LogP contribution in [0.5, 0.6) is 0 Å². The number of carbonyl (C=O) groups excluding carboxylic acids is 2. The van der Waals surface area contributed by atoms with Crippen LogP contribution in [0.4, 0.5) is 0 Å². The summed E-state index contributed by atoms with van der Waals surface area (Å²) in [5.74, 6) is -0.439. The van der Waals surface area contributed by atoms with Gasteiger partial charge in [-0.05, 0) is 26.8 Å². The first-order chi connectivity index (χ1) is 8.01. The van der Waals surface area contributed by atoms with Crippen molar-refractivity contribution in [1.82, 2.24) is 9.88 Å². The van der Waals surface area contributed by atoms with Crippen LogP contribution >= 0.6 is 0 Å². The lowest BCUT2D eigenvalue weighted by molar-refractivity contribution is -0.121. The molecule has 0 saturated carbocycles. The van der Waals surface area contributed by atoms with Crippen molar-refractivity contribution >= 4 is 11.9 Å². The highest BCUT2D eigenvalue weighted by molar-refractivity contribution is 5.91. The maximum atomic E-state index is 11.7. The number of hydrogen-bond acceptors (Lipinski definition) is 3. The van der Waals surface area contributed by atoms with Crippen LogP contribution in [0, 0.1) is 13.8 Å². The lowest BCUT2D eigenvalue weighted by atomic mass is 10.2. The Bertz CT molecular complexity index is 435. The Morgan fingerprint density at radius 3 is 2.59 bits per heavy atom.